The predicted molar refractivity (Wildman–Crippen MR) is 72.2 cm³/mol. The lowest BCUT2D eigenvalue weighted by atomic mass is 10.3. The van der Waals surface area contributed by atoms with Crippen LogP contribution in [0.3, 0.4) is 0 Å². The van der Waals surface area contributed by atoms with Crippen molar-refractivity contribution in [3.63, 3.8) is 0 Å². The van der Waals surface area contributed by atoms with Crippen molar-refractivity contribution in [3.8, 4) is 0 Å². The molecule has 0 spiro atoms. The van der Waals surface area contributed by atoms with Crippen molar-refractivity contribution in [3.05, 3.63) is 22.8 Å². The minimum atomic E-state index is -3.59. The molecule has 0 saturated heterocycles. The SMILES string of the molecule is Cc1nn(C)c(C)c1NS(=O)(=O)c1cc(N)cs1. The molecule has 2 aromatic heterocycles. The summed E-state index contributed by atoms with van der Waals surface area (Å²) in [4.78, 5) is 0. The fraction of sp³-hybridized carbons (Fsp3) is 0.300. The summed E-state index contributed by atoms with van der Waals surface area (Å²) in [5, 5.41) is 5.76. The zero-order valence-corrected chi connectivity index (χ0v) is 11.9. The summed E-state index contributed by atoms with van der Waals surface area (Å²) in [7, 11) is -1.82. The van der Waals surface area contributed by atoms with E-state index in [1.54, 1.807) is 31.0 Å². The molecule has 3 N–H and O–H groups in total. The second kappa shape index (κ2) is 4.29. The molecule has 0 aromatic carbocycles. The highest BCUT2D eigenvalue weighted by molar-refractivity contribution is 7.94. The molecule has 2 aromatic rings. The number of aromatic nitrogens is 2. The minimum Gasteiger partial charge on any atom is -0.398 e. The molecular formula is C10H14N4O2S2. The van der Waals surface area contributed by atoms with Gasteiger partial charge in [-0.25, -0.2) is 8.42 Å². The highest BCUT2D eigenvalue weighted by atomic mass is 32.2. The van der Waals surface area contributed by atoms with Gasteiger partial charge in [-0.3, -0.25) is 9.40 Å². The van der Waals surface area contributed by atoms with E-state index in [9.17, 15) is 8.42 Å². The Bertz CT molecular complexity index is 685. The second-order valence-corrected chi connectivity index (χ2v) is 6.79. The van der Waals surface area contributed by atoms with Gasteiger partial charge in [-0.15, -0.1) is 11.3 Å². The molecule has 6 nitrogen and oxygen atoms in total. The molecule has 98 valence electrons. The Balaban J connectivity index is 2.39. The van der Waals surface area contributed by atoms with Gasteiger partial charge in [-0.2, -0.15) is 5.10 Å². The topological polar surface area (TPSA) is 90.0 Å². The second-order valence-electron chi connectivity index (χ2n) is 3.97. The van der Waals surface area contributed by atoms with Crippen molar-refractivity contribution in [2.45, 2.75) is 18.1 Å². The zero-order chi connectivity index (χ0) is 13.5. The van der Waals surface area contributed by atoms with Gasteiger partial charge in [0, 0.05) is 18.1 Å². The highest BCUT2D eigenvalue weighted by Crippen LogP contribution is 2.26. The van der Waals surface area contributed by atoms with Crippen molar-refractivity contribution in [1.29, 1.82) is 0 Å². The molecule has 0 aliphatic rings. The van der Waals surface area contributed by atoms with E-state index in [0.29, 0.717) is 17.1 Å². The molecule has 0 atom stereocenters. The quantitative estimate of drug-likeness (QED) is 0.894. The van der Waals surface area contributed by atoms with E-state index in [2.05, 4.69) is 9.82 Å². The summed E-state index contributed by atoms with van der Waals surface area (Å²) in [6.45, 7) is 3.56. The van der Waals surface area contributed by atoms with Crippen LogP contribution in [0, 0.1) is 13.8 Å². The van der Waals surface area contributed by atoms with E-state index in [1.165, 1.54) is 6.07 Å². The number of sulfonamides is 1. The fourth-order valence-corrected chi connectivity index (χ4v) is 3.83. The standard InChI is InChI=1S/C10H14N4O2S2/c1-6-10(7(2)14(3)12-6)13-18(15,16)9-4-8(11)5-17-9/h4-5,13H,11H2,1-3H3. The number of hydrogen-bond donors (Lipinski definition) is 2. The first-order valence-corrected chi connectivity index (χ1v) is 7.54. The maximum Gasteiger partial charge on any atom is 0.271 e. The molecule has 0 saturated carbocycles. The van der Waals surface area contributed by atoms with E-state index < -0.39 is 10.0 Å². The molecular weight excluding hydrogens is 272 g/mol. The molecule has 0 bridgehead atoms. The molecule has 0 radical (unpaired) electrons. The van der Waals surface area contributed by atoms with E-state index in [-0.39, 0.29) is 4.21 Å². The maximum atomic E-state index is 12.1. The molecule has 0 fully saturated rings. The van der Waals surface area contributed by atoms with Gasteiger partial charge >= 0.3 is 0 Å². The molecule has 18 heavy (non-hydrogen) atoms. The summed E-state index contributed by atoms with van der Waals surface area (Å²) in [5.41, 5.74) is 7.90. The van der Waals surface area contributed by atoms with Gasteiger partial charge in [-0.1, -0.05) is 0 Å². The van der Waals surface area contributed by atoms with E-state index in [1.807, 2.05) is 0 Å². The van der Waals surface area contributed by atoms with Crippen LogP contribution in [0.5, 0.6) is 0 Å². The Kier molecular flexibility index (Phi) is 3.07. The minimum absolute atomic E-state index is 0.197. The summed E-state index contributed by atoms with van der Waals surface area (Å²) >= 11 is 1.09. The number of rotatable bonds is 3. The summed E-state index contributed by atoms with van der Waals surface area (Å²) in [6, 6.07) is 1.44. The lowest BCUT2D eigenvalue weighted by Gasteiger charge is -2.06. The average Bonchev–Trinajstić information content (AvgIpc) is 2.80. The van der Waals surface area contributed by atoms with Gasteiger partial charge in [0.15, 0.2) is 0 Å². The van der Waals surface area contributed by atoms with E-state index in [0.717, 1.165) is 17.0 Å². The van der Waals surface area contributed by atoms with Crippen LogP contribution in [0.2, 0.25) is 0 Å². The first kappa shape index (κ1) is 12.9. The van der Waals surface area contributed by atoms with Crippen LogP contribution >= 0.6 is 11.3 Å². The van der Waals surface area contributed by atoms with E-state index in [4.69, 9.17) is 5.73 Å². The van der Waals surface area contributed by atoms with Crippen LogP contribution in [0.25, 0.3) is 0 Å². The Hall–Kier alpha value is -1.54. The Morgan fingerprint density at radius 2 is 2.11 bits per heavy atom. The predicted octanol–water partition coefficient (Wildman–Crippen LogP) is 1.48. The third kappa shape index (κ3) is 2.21. The van der Waals surface area contributed by atoms with Crippen LogP contribution in [-0.4, -0.2) is 18.2 Å². The molecule has 0 amide bonds. The van der Waals surface area contributed by atoms with Crippen molar-refractivity contribution in [2.75, 3.05) is 10.5 Å². The van der Waals surface area contributed by atoms with Gasteiger partial charge in [0.25, 0.3) is 10.0 Å². The van der Waals surface area contributed by atoms with Crippen LogP contribution in [-0.2, 0) is 17.1 Å². The highest BCUT2D eigenvalue weighted by Gasteiger charge is 2.20. The molecule has 0 aliphatic heterocycles. The average molecular weight is 286 g/mol. The van der Waals surface area contributed by atoms with Crippen molar-refractivity contribution >= 4 is 32.7 Å². The number of aryl methyl sites for hydroxylation is 2. The lowest BCUT2D eigenvalue weighted by Crippen LogP contribution is -2.12. The normalized spacial score (nSPS) is 11.7. The summed E-state index contributed by atoms with van der Waals surface area (Å²) < 4.78 is 28.7. The molecule has 8 heteroatoms. The van der Waals surface area contributed by atoms with Crippen LogP contribution in [0.15, 0.2) is 15.7 Å². The largest absolute Gasteiger partial charge is 0.398 e. The smallest absolute Gasteiger partial charge is 0.271 e. The number of nitrogens with two attached hydrogens (primary N) is 1. The van der Waals surface area contributed by atoms with Gasteiger partial charge in [0.2, 0.25) is 0 Å². The Labute approximate surface area is 109 Å². The van der Waals surface area contributed by atoms with Crippen LogP contribution in [0.1, 0.15) is 11.4 Å². The summed E-state index contributed by atoms with van der Waals surface area (Å²) in [6.07, 6.45) is 0. The first-order valence-electron chi connectivity index (χ1n) is 5.18. The number of nitrogen functional groups attached to an aromatic ring is 1. The zero-order valence-electron chi connectivity index (χ0n) is 10.3. The fourth-order valence-electron chi connectivity index (χ4n) is 1.58. The number of hydrogen-bond acceptors (Lipinski definition) is 5. The van der Waals surface area contributed by atoms with Gasteiger partial charge in [0.05, 0.1) is 17.1 Å². The van der Waals surface area contributed by atoms with Gasteiger partial charge < -0.3 is 5.73 Å². The van der Waals surface area contributed by atoms with Crippen LogP contribution < -0.4 is 10.5 Å². The third-order valence-corrected chi connectivity index (χ3v) is 5.41. The number of thiophene rings is 1. The van der Waals surface area contributed by atoms with Gasteiger partial charge in [-0.05, 0) is 19.9 Å². The van der Waals surface area contributed by atoms with Crippen molar-refractivity contribution in [1.82, 2.24) is 9.78 Å². The lowest BCUT2D eigenvalue weighted by molar-refractivity contribution is 0.603. The number of nitrogens with zero attached hydrogens (tertiary/aromatic N) is 2. The molecule has 0 unspecified atom stereocenters. The van der Waals surface area contributed by atoms with Crippen molar-refractivity contribution in [2.24, 2.45) is 7.05 Å². The maximum absolute atomic E-state index is 12.1. The Morgan fingerprint density at radius 3 is 2.56 bits per heavy atom. The first-order chi connectivity index (χ1) is 8.31. The van der Waals surface area contributed by atoms with Crippen molar-refractivity contribution < 1.29 is 8.42 Å². The number of nitrogens with one attached hydrogen (secondary N) is 1. The number of anilines is 2. The van der Waals surface area contributed by atoms with Crippen LogP contribution in [0.4, 0.5) is 11.4 Å². The third-order valence-electron chi connectivity index (χ3n) is 2.61. The molecule has 2 heterocycles. The van der Waals surface area contributed by atoms with Gasteiger partial charge in [0.1, 0.15) is 4.21 Å². The molecule has 0 aliphatic carbocycles. The summed E-state index contributed by atoms with van der Waals surface area (Å²) in [5.74, 6) is 0. The monoisotopic (exact) mass is 286 g/mol. The van der Waals surface area contributed by atoms with E-state index >= 15 is 0 Å². The Morgan fingerprint density at radius 1 is 1.44 bits per heavy atom. The molecule has 2 rings (SSSR count).